The van der Waals surface area contributed by atoms with E-state index >= 15 is 0 Å². The summed E-state index contributed by atoms with van der Waals surface area (Å²) in [4.78, 5) is 23.0. The van der Waals surface area contributed by atoms with Gasteiger partial charge in [-0.25, -0.2) is 4.98 Å². The van der Waals surface area contributed by atoms with Crippen LogP contribution in [0.15, 0.2) is 36.8 Å². The van der Waals surface area contributed by atoms with E-state index in [4.69, 9.17) is 11.6 Å². The Morgan fingerprint density at radius 2 is 2.10 bits per heavy atom. The number of rotatable bonds is 6. The zero-order chi connectivity index (χ0) is 15.2. The quantitative estimate of drug-likeness (QED) is 0.608. The number of aromatic nitrogens is 2. The number of pyridine rings is 2. The van der Waals surface area contributed by atoms with Crippen molar-refractivity contribution in [1.29, 1.82) is 0 Å². The van der Waals surface area contributed by atoms with Crippen LogP contribution >= 0.6 is 11.6 Å². The van der Waals surface area contributed by atoms with E-state index in [0.717, 1.165) is 23.3 Å². The number of likely N-dealkylation sites (N-methyl/N-ethyl adjacent to an activating group) is 1. The van der Waals surface area contributed by atoms with Crippen molar-refractivity contribution in [2.45, 2.75) is 6.92 Å². The van der Waals surface area contributed by atoms with Crippen molar-refractivity contribution in [3.8, 4) is 0 Å². The fourth-order valence-corrected chi connectivity index (χ4v) is 2.22. The van der Waals surface area contributed by atoms with Crippen LogP contribution in [0.5, 0.6) is 0 Å². The number of carbonyl (C=O) groups is 1. The molecule has 0 saturated heterocycles. The van der Waals surface area contributed by atoms with Crippen LogP contribution in [0, 0.1) is 6.92 Å². The van der Waals surface area contributed by atoms with Crippen molar-refractivity contribution < 1.29 is 4.79 Å². The Morgan fingerprint density at radius 3 is 2.76 bits per heavy atom. The molecule has 0 atom stereocenters. The van der Waals surface area contributed by atoms with Crippen LogP contribution in [0.2, 0.25) is 5.15 Å². The normalized spacial score (nSPS) is 10.2. The Balaban J connectivity index is 2.04. The molecular weight excluding hydrogens is 288 g/mol. The van der Waals surface area contributed by atoms with Gasteiger partial charge in [-0.3, -0.25) is 9.78 Å². The Labute approximate surface area is 129 Å². The van der Waals surface area contributed by atoms with Gasteiger partial charge in [0.2, 0.25) is 6.41 Å². The van der Waals surface area contributed by atoms with Crippen molar-refractivity contribution in [3.63, 3.8) is 0 Å². The van der Waals surface area contributed by atoms with Gasteiger partial charge in [0, 0.05) is 38.2 Å². The minimum atomic E-state index is 0.371. The fourth-order valence-electron chi connectivity index (χ4n) is 2.05. The van der Waals surface area contributed by atoms with Gasteiger partial charge in [0.15, 0.2) is 0 Å². The van der Waals surface area contributed by atoms with Gasteiger partial charge in [0.25, 0.3) is 0 Å². The van der Waals surface area contributed by atoms with Gasteiger partial charge in [-0.15, -0.1) is 0 Å². The molecule has 0 saturated carbocycles. The maximum Gasteiger partial charge on any atom is 0.214 e. The molecule has 2 aromatic heterocycles. The van der Waals surface area contributed by atoms with E-state index in [0.29, 0.717) is 18.2 Å². The molecule has 0 aromatic carbocycles. The number of hydrogen-bond acceptors (Lipinski definition) is 4. The predicted octanol–water partition coefficient (Wildman–Crippen LogP) is 2.54. The first-order valence-electron chi connectivity index (χ1n) is 6.57. The highest BCUT2D eigenvalue weighted by atomic mass is 35.5. The largest absolute Gasteiger partial charge is 0.371 e. The number of halogens is 1. The number of anilines is 2. The summed E-state index contributed by atoms with van der Waals surface area (Å²) in [6, 6.07) is 5.40. The second kappa shape index (κ2) is 7.04. The smallest absolute Gasteiger partial charge is 0.214 e. The predicted molar refractivity (Wildman–Crippen MR) is 84.9 cm³/mol. The zero-order valence-electron chi connectivity index (χ0n) is 12.0. The standard InChI is InChI=1S/C15H17ClN4O/c1-12-3-5-17-10-14(12)19(2)7-8-20(11-21)13-4-6-18-15(16)9-13/h3-6,9-11H,7-8H2,1-2H3. The molecule has 2 aromatic rings. The molecule has 110 valence electrons. The molecule has 0 radical (unpaired) electrons. The van der Waals surface area contributed by atoms with Gasteiger partial charge >= 0.3 is 0 Å². The van der Waals surface area contributed by atoms with Gasteiger partial charge in [-0.1, -0.05) is 11.6 Å². The van der Waals surface area contributed by atoms with Gasteiger partial charge in [0.1, 0.15) is 5.15 Å². The molecule has 0 N–H and O–H groups in total. The highest BCUT2D eigenvalue weighted by Gasteiger charge is 2.09. The van der Waals surface area contributed by atoms with E-state index in [-0.39, 0.29) is 0 Å². The van der Waals surface area contributed by atoms with Crippen LogP contribution in [0.4, 0.5) is 11.4 Å². The zero-order valence-corrected chi connectivity index (χ0v) is 12.8. The number of amides is 1. The van der Waals surface area contributed by atoms with Crippen molar-refractivity contribution in [2.24, 2.45) is 0 Å². The fraction of sp³-hybridized carbons (Fsp3) is 0.267. The summed E-state index contributed by atoms with van der Waals surface area (Å²) in [6.07, 6.45) is 5.98. The molecule has 0 fully saturated rings. The van der Waals surface area contributed by atoms with Crippen molar-refractivity contribution in [2.75, 3.05) is 29.9 Å². The SMILES string of the molecule is Cc1ccncc1N(C)CCN(C=O)c1ccnc(Cl)c1. The number of nitrogens with zero attached hydrogens (tertiary/aromatic N) is 4. The van der Waals surface area contributed by atoms with Crippen molar-refractivity contribution in [1.82, 2.24) is 9.97 Å². The van der Waals surface area contributed by atoms with E-state index in [2.05, 4.69) is 14.9 Å². The third-order valence-electron chi connectivity index (χ3n) is 3.27. The van der Waals surface area contributed by atoms with Crippen LogP contribution in [0.25, 0.3) is 0 Å². The monoisotopic (exact) mass is 304 g/mol. The van der Waals surface area contributed by atoms with Crippen LogP contribution in [-0.2, 0) is 4.79 Å². The Kier molecular flexibility index (Phi) is 5.11. The van der Waals surface area contributed by atoms with Gasteiger partial charge in [0.05, 0.1) is 11.9 Å². The molecule has 0 unspecified atom stereocenters. The van der Waals surface area contributed by atoms with Crippen LogP contribution in [-0.4, -0.2) is 36.5 Å². The van der Waals surface area contributed by atoms with Gasteiger partial charge in [-0.2, -0.15) is 0 Å². The summed E-state index contributed by atoms with van der Waals surface area (Å²) < 4.78 is 0. The molecule has 1 amide bonds. The number of aryl methyl sites for hydroxylation is 1. The van der Waals surface area contributed by atoms with Crippen molar-refractivity contribution in [3.05, 3.63) is 47.5 Å². The first-order chi connectivity index (χ1) is 10.1. The maximum atomic E-state index is 11.3. The highest BCUT2D eigenvalue weighted by molar-refractivity contribution is 6.29. The molecule has 5 nitrogen and oxygen atoms in total. The average molecular weight is 305 g/mol. The number of carbonyl (C=O) groups excluding carboxylic acids is 1. The third-order valence-corrected chi connectivity index (χ3v) is 3.47. The third kappa shape index (κ3) is 3.92. The first-order valence-corrected chi connectivity index (χ1v) is 6.95. The lowest BCUT2D eigenvalue weighted by atomic mass is 10.2. The molecule has 0 aliphatic rings. The summed E-state index contributed by atoms with van der Waals surface area (Å²) in [5.74, 6) is 0. The molecule has 0 aliphatic heterocycles. The summed E-state index contributed by atoms with van der Waals surface area (Å²) in [5.41, 5.74) is 2.94. The average Bonchev–Trinajstić information content (AvgIpc) is 2.48. The molecular formula is C15H17ClN4O. The molecule has 0 spiro atoms. The van der Waals surface area contributed by atoms with Crippen molar-refractivity contribution >= 4 is 29.4 Å². The molecule has 2 heterocycles. The van der Waals surface area contributed by atoms with Gasteiger partial charge in [-0.05, 0) is 30.7 Å². The first kappa shape index (κ1) is 15.3. The van der Waals surface area contributed by atoms with Crippen LogP contribution < -0.4 is 9.80 Å². The molecule has 0 bridgehead atoms. The highest BCUT2D eigenvalue weighted by Crippen LogP contribution is 2.18. The number of hydrogen-bond donors (Lipinski definition) is 0. The minimum absolute atomic E-state index is 0.371. The second-order valence-corrected chi connectivity index (χ2v) is 5.11. The summed E-state index contributed by atoms with van der Waals surface area (Å²) in [5, 5.41) is 0.371. The lowest BCUT2D eigenvalue weighted by molar-refractivity contribution is -0.107. The Bertz CT molecular complexity index is 620. The lowest BCUT2D eigenvalue weighted by Crippen LogP contribution is -2.32. The second-order valence-electron chi connectivity index (χ2n) is 4.72. The van der Waals surface area contributed by atoms with E-state index in [1.807, 2.05) is 26.2 Å². The minimum Gasteiger partial charge on any atom is -0.371 e. The van der Waals surface area contributed by atoms with Crippen LogP contribution in [0.1, 0.15) is 5.56 Å². The summed E-state index contributed by atoms with van der Waals surface area (Å²) in [6.45, 7) is 3.27. The van der Waals surface area contributed by atoms with E-state index in [1.54, 1.807) is 29.4 Å². The van der Waals surface area contributed by atoms with E-state index in [1.165, 1.54) is 0 Å². The topological polar surface area (TPSA) is 49.3 Å². The molecule has 6 heteroatoms. The summed E-state index contributed by atoms with van der Waals surface area (Å²) in [7, 11) is 1.98. The van der Waals surface area contributed by atoms with E-state index in [9.17, 15) is 4.79 Å². The Morgan fingerprint density at radius 1 is 1.29 bits per heavy atom. The lowest BCUT2D eigenvalue weighted by Gasteiger charge is -2.24. The Hall–Kier alpha value is -2.14. The molecule has 2 rings (SSSR count). The van der Waals surface area contributed by atoms with Crippen LogP contribution in [0.3, 0.4) is 0 Å². The van der Waals surface area contributed by atoms with E-state index < -0.39 is 0 Å². The van der Waals surface area contributed by atoms with Gasteiger partial charge < -0.3 is 9.80 Å². The summed E-state index contributed by atoms with van der Waals surface area (Å²) >= 11 is 5.85. The molecule has 21 heavy (non-hydrogen) atoms. The maximum absolute atomic E-state index is 11.3. The molecule has 0 aliphatic carbocycles.